The number of aromatic nitrogens is 2. The van der Waals surface area contributed by atoms with Crippen molar-refractivity contribution in [3.63, 3.8) is 0 Å². The lowest BCUT2D eigenvalue weighted by Crippen LogP contribution is -2.40. The Kier molecular flexibility index (Phi) is 5.78. The third-order valence-corrected chi connectivity index (χ3v) is 6.78. The summed E-state index contributed by atoms with van der Waals surface area (Å²) in [5, 5.41) is 8.54. The first-order valence-electron chi connectivity index (χ1n) is 8.11. The van der Waals surface area contributed by atoms with Crippen molar-refractivity contribution >= 4 is 21.8 Å². The Hall–Kier alpha value is -1.42. The minimum absolute atomic E-state index is 0.224. The second-order valence-corrected chi connectivity index (χ2v) is 9.03. The van der Waals surface area contributed by atoms with E-state index in [0.29, 0.717) is 48.9 Å². The lowest BCUT2D eigenvalue weighted by Gasteiger charge is -2.26. The summed E-state index contributed by atoms with van der Waals surface area (Å²) < 4.78 is 37.8. The number of nitrogens with zero attached hydrogens (tertiary/aromatic N) is 3. The zero-order valence-corrected chi connectivity index (χ0v) is 15.8. The molecule has 0 radical (unpaired) electrons. The molecule has 0 unspecified atom stereocenters. The highest BCUT2D eigenvalue weighted by molar-refractivity contribution is 7.99. The van der Waals surface area contributed by atoms with Gasteiger partial charge in [-0.3, -0.25) is 0 Å². The van der Waals surface area contributed by atoms with E-state index >= 15 is 0 Å². The number of benzene rings is 1. The van der Waals surface area contributed by atoms with Crippen LogP contribution in [-0.2, 0) is 14.8 Å². The third-order valence-electron chi connectivity index (χ3n) is 3.64. The van der Waals surface area contributed by atoms with Crippen LogP contribution in [-0.4, -0.2) is 55.0 Å². The summed E-state index contributed by atoms with van der Waals surface area (Å²) in [5.41, 5.74) is 0.596. The highest BCUT2D eigenvalue weighted by Crippen LogP contribution is 2.27. The summed E-state index contributed by atoms with van der Waals surface area (Å²) in [4.78, 5) is 0.224. The molecule has 0 aliphatic carbocycles. The Labute approximate surface area is 151 Å². The van der Waals surface area contributed by atoms with Crippen LogP contribution in [0.5, 0.6) is 0 Å². The summed E-state index contributed by atoms with van der Waals surface area (Å²) in [5.74, 6) is 1.72. The van der Waals surface area contributed by atoms with Gasteiger partial charge in [-0.15, -0.1) is 10.2 Å². The van der Waals surface area contributed by atoms with Gasteiger partial charge in [-0.05, 0) is 24.1 Å². The van der Waals surface area contributed by atoms with Crippen LogP contribution < -0.4 is 0 Å². The van der Waals surface area contributed by atoms with Gasteiger partial charge in [0.15, 0.2) is 0 Å². The number of morpholine rings is 1. The normalized spacial score (nSPS) is 16.4. The van der Waals surface area contributed by atoms with Crippen LogP contribution in [0.4, 0.5) is 0 Å². The molecule has 0 N–H and O–H groups in total. The standard InChI is InChI=1S/C16H21N3O4S2/c1-12(2)11-24-16-18-17-15(23-16)13-4-3-5-14(10-13)25(20,21)19-6-8-22-9-7-19/h3-5,10,12H,6-9,11H2,1-2H3. The van der Waals surface area contributed by atoms with E-state index in [4.69, 9.17) is 9.15 Å². The van der Waals surface area contributed by atoms with Gasteiger partial charge < -0.3 is 9.15 Å². The van der Waals surface area contributed by atoms with Gasteiger partial charge in [0.25, 0.3) is 5.22 Å². The third kappa shape index (κ3) is 4.41. The summed E-state index contributed by atoms with van der Waals surface area (Å²) in [6.07, 6.45) is 0. The van der Waals surface area contributed by atoms with Gasteiger partial charge in [-0.2, -0.15) is 4.31 Å². The van der Waals surface area contributed by atoms with Crippen LogP contribution in [0.3, 0.4) is 0 Å². The zero-order valence-electron chi connectivity index (χ0n) is 14.2. The highest BCUT2D eigenvalue weighted by atomic mass is 32.2. The van der Waals surface area contributed by atoms with E-state index < -0.39 is 10.0 Å². The molecular weight excluding hydrogens is 362 g/mol. The summed E-state index contributed by atoms with van der Waals surface area (Å²) >= 11 is 1.50. The molecule has 1 aliphatic heterocycles. The van der Waals surface area contributed by atoms with Crippen molar-refractivity contribution in [2.45, 2.75) is 24.0 Å². The van der Waals surface area contributed by atoms with Gasteiger partial charge >= 0.3 is 0 Å². The first-order chi connectivity index (χ1) is 12.0. The maximum absolute atomic E-state index is 12.8. The first kappa shape index (κ1) is 18.4. The number of hydrogen-bond donors (Lipinski definition) is 0. The average Bonchev–Trinajstić information content (AvgIpc) is 3.10. The van der Waals surface area contributed by atoms with E-state index in [1.165, 1.54) is 16.1 Å². The van der Waals surface area contributed by atoms with Crippen LogP contribution in [0.25, 0.3) is 11.5 Å². The molecule has 1 aliphatic rings. The molecule has 1 aromatic heterocycles. The molecule has 0 spiro atoms. The van der Waals surface area contributed by atoms with Gasteiger partial charge in [0, 0.05) is 24.4 Å². The molecule has 1 fully saturated rings. The molecule has 0 bridgehead atoms. The van der Waals surface area contributed by atoms with Crippen molar-refractivity contribution in [1.82, 2.24) is 14.5 Å². The molecule has 136 valence electrons. The van der Waals surface area contributed by atoms with Gasteiger partial charge in [-0.1, -0.05) is 31.7 Å². The van der Waals surface area contributed by atoms with Crippen LogP contribution in [0.1, 0.15) is 13.8 Å². The number of hydrogen-bond acceptors (Lipinski definition) is 7. The lowest BCUT2D eigenvalue weighted by atomic mass is 10.2. The Morgan fingerprint density at radius 3 is 2.72 bits per heavy atom. The number of ether oxygens (including phenoxy) is 1. The Morgan fingerprint density at radius 1 is 1.24 bits per heavy atom. The SMILES string of the molecule is CC(C)CSc1nnc(-c2cccc(S(=O)(=O)N3CCOCC3)c2)o1. The van der Waals surface area contributed by atoms with Gasteiger partial charge in [0.2, 0.25) is 15.9 Å². The van der Waals surface area contributed by atoms with E-state index in [1.54, 1.807) is 24.3 Å². The fourth-order valence-electron chi connectivity index (χ4n) is 2.35. The second-order valence-electron chi connectivity index (χ2n) is 6.12. The maximum atomic E-state index is 12.8. The Balaban J connectivity index is 1.82. The van der Waals surface area contributed by atoms with Crippen molar-refractivity contribution in [3.05, 3.63) is 24.3 Å². The molecule has 2 heterocycles. The molecule has 2 aromatic rings. The van der Waals surface area contributed by atoms with Crippen LogP contribution >= 0.6 is 11.8 Å². The number of thioether (sulfide) groups is 1. The molecule has 1 aromatic carbocycles. The predicted octanol–water partition coefficient (Wildman–Crippen LogP) is 2.51. The summed E-state index contributed by atoms with van der Waals surface area (Å²) in [6.45, 7) is 5.79. The van der Waals surface area contributed by atoms with Crippen LogP contribution in [0, 0.1) is 5.92 Å². The van der Waals surface area contributed by atoms with Gasteiger partial charge in [-0.25, -0.2) is 8.42 Å². The predicted molar refractivity (Wildman–Crippen MR) is 94.9 cm³/mol. The topological polar surface area (TPSA) is 85.5 Å². The second kappa shape index (κ2) is 7.86. The van der Waals surface area contributed by atoms with Crippen molar-refractivity contribution in [3.8, 4) is 11.5 Å². The molecule has 25 heavy (non-hydrogen) atoms. The summed E-state index contributed by atoms with van der Waals surface area (Å²) in [7, 11) is -3.55. The van der Waals surface area contributed by atoms with Gasteiger partial charge in [0.05, 0.1) is 18.1 Å². The number of sulfonamides is 1. The van der Waals surface area contributed by atoms with Gasteiger partial charge in [0.1, 0.15) is 0 Å². The average molecular weight is 383 g/mol. The maximum Gasteiger partial charge on any atom is 0.276 e. The van der Waals surface area contributed by atoms with Crippen molar-refractivity contribution in [1.29, 1.82) is 0 Å². The first-order valence-corrected chi connectivity index (χ1v) is 10.5. The van der Waals surface area contributed by atoms with E-state index in [9.17, 15) is 8.42 Å². The Morgan fingerprint density at radius 2 is 2.00 bits per heavy atom. The van der Waals surface area contributed by atoms with E-state index in [2.05, 4.69) is 24.0 Å². The Bertz CT molecular complexity index is 814. The minimum atomic E-state index is -3.55. The van der Waals surface area contributed by atoms with Crippen molar-refractivity contribution in [2.75, 3.05) is 32.1 Å². The fourth-order valence-corrected chi connectivity index (χ4v) is 4.52. The van der Waals surface area contributed by atoms with E-state index in [0.717, 1.165) is 5.75 Å². The fraction of sp³-hybridized carbons (Fsp3) is 0.500. The number of rotatable bonds is 6. The van der Waals surface area contributed by atoms with E-state index in [-0.39, 0.29) is 4.90 Å². The quantitative estimate of drug-likeness (QED) is 0.709. The largest absolute Gasteiger partial charge is 0.411 e. The molecule has 3 rings (SSSR count). The van der Waals surface area contributed by atoms with Crippen molar-refractivity contribution < 1.29 is 17.6 Å². The highest BCUT2D eigenvalue weighted by Gasteiger charge is 2.26. The monoisotopic (exact) mass is 383 g/mol. The van der Waals surface area contributed by atoms with Crippen molar-refractivity contribution in [2.24, 2.45) is 5.92 Å². The molecular formula is C16H21N3O4S2. The summed E-state index contributed by atoms with van der Waals surface area (Å²) in [6, 6.07) is 6.62. The minimum Gasteiger partial charge on any atom is -0.411 e. The molecule has 0 atom stereocenters. The smallest absolute Gasteiger partial charge is 0.276 e. The van der Waals surface area contributed by atoms with Crippen LogP contribution in [0.15, 0.2) is 38.8 Å². The lowest BCUT2D eigenvalue weighted by molar-refractivity contribution is 0.0730. The molecule has 9 heteroatoms. The molecule has 1 saturated heterocycles. The van der Waals surface area contributed by atoms with E-state index in [1.807, 2.05) is 0 Å². The zero-order chi connectivity index (χ0) is 17.9. The molecule has 7 nitrogen and oxygen atoms in total. The molecule has 0 saturated carbocycles. The molecule has 0 amide bonds. The van der Waals surface area contributed by atoms with Crippen LogP contribution in [0.2, 0.25) is 0 Å².